The molecule has 1 saturated carbocycles. The fraction of sp³-hybridized carbons (Fsp3) is 0.800. The van der Waals surface area contributed by atoms with Crippen LogP contribution in [0.2, 0.25) is 0 Å². The third kappa shape index (κ3) is 3.76. The highest BCUT2D eigenvalue weighted by Gasteiger charge is 2.35. The summed E-state index contributed by atoms with van der Waals surface area (Å²) < 4.78 is 4.73. The van der Waals surface area contributed by atoms with E-state index in [1.807, 2.05) is 6.92 Å². The molecule has 0 aromatic carbocycles. The summed E-state index contributed by atoms with van der Waals surface area (Å²) in [6, 6.07) is 0.310. The Morgan fingerprint density at radius 2 is 2.27 bits per heavy atom. The number of ether oxygens (including phenoxy) is 1. The largest absolute Gasteiger partial charge is 0.468 e. The maximum absolute atomic E-state index is 11.4. The van der Waals surface area contributed by atoms with Gasteiger partial charge >= 0.3 is 5.97 Å². The first-order valence-corrected chi connectivity index (χ1v) is 5.59. The summed E-state index contributed by atoms with van der Waals surface area (Å²) >= 11 is 4.84. The lowest BCUT2D eigenvalue weighted by atomic mass is 10.2. The van der Waals surface area contributed by atoms with Crippen LogP contribution in [0.25, 0.3) is 0 Å². The van der Waals surface area contributed by atoms with Crippen LogP contribution >= 0.6 is 12.2 Å². The maximum Gasteiger partial charge on any atom is 0.322 e. The average molecular weight is 230 g/mol. The second kappa shape index (κ2) is 5.42. The zero-order chi connectivity index (χ0) is 11.4. The van der Waals surface area contributed by atoms with Gasteiger partial charge in [-0.3, -0.25) is 9.69 Å². The van der Waals surface area contributed by atoms with Crippen molar-refractivity contribution in [3.05, 3.63) is 0 Å². The van der Waals surface area contributed by atoms with Crippen molar-refractivity contribution in [2.24, 2.45) is 5.73 Å². The highest BCUT2D eigenvalue weighted by atomic mass is 32.1. The second-order valence-electron chi connectivity index (χ2n) is 3.88. The number of carbonyl (C=O) groups is 1. The number of nitrogens with two attached hydrogens (primary N) is 1. The number of hydrogen-bond acceptors (Lipinski definition) is 4. The Bertz CT molecular complexity index is 254. The van der Waals surface area contributed by atoms with Gasteiger partial charge in [0.2, 0.25) is 0 Å². The molecule has 1 rings (SSSR count). The Morgan fingerprint density at radius 1 is 1.67 bits per heavy atom. The van der Waals surface area contributed by atoms with E-state index < -0.39 is 0 Å². The fourth-order valence-corrected chi connectivity index (χ4v) is 1.74. The summed E-state index contributed by atoms with van der Waals surface area (Å²) in [5, 5.41) is 0. The van der Waals surface area contributed by atoms with Crippen molar-refractivity contribution in [1.82, 2.24) is 4.90 Å². The van der Waals surface area contributed by atoms with Crippen LogP contribution in [0.4, 0.5) is 0 Å². The van der Waals surface area contributed by atoms with Crippen LogP contribution in [0.5, 0.6) is 0 Å². The highest BCUT2D eigenvalue weighted by Crippen LogP contribution is 2.28. The first kappa shape index (κ1) is 12.4. The molecule has 1 atom stereocenters. The SMILES string of the molecule is COC(=O)C(C)N(CCC(N)=S)C1CC1. The number of esters is 1. The van der Waals surface area contributed by atoms with Crippen LogP contribution in [-0.2, 0) is 9.53 Å². The molecule has 1 aliphatic rings. The molecule has 0 heterocycles. The summed E-state index contributed by atoms with van der Waals surface area (Å²) in [5.74, 6) is -0.190. The van der Waals surface area contributed by atoms with Crippen LogP contribution in [0.3, 0.4) is 0 Å². The van der Waals surface area contributed by atoms with E-state index in [0.29, 0.717) is 17.5 Å². The predicted octanol–water partition coefficient (Wildman–Crippen LogP) is 0.689. The van der Waals surface area contributed by atoms with Crippen LogP contribution in [0.1, 0.15) is 26.2 Å². The van der Waals surface area contributed by atoms with Gasteiger partial charge in [-0.1, -0.05) is 12.2 Å². The van der Waals surface area contributed by atoms with Gasteiger partial charge in [-0.25, -0.2) is 0 Å². The molecule has 0 radical (unpaired) electrons. The predicted molar refractivity (Wildman–Crippen MR) is 62.6 cm³/mol. The number of nitrogens with zero attached hydrogens (tertiary/aromatic N) is 1. The van der Waals surface area contributed by atoms with Gasteiger partial charge in [0.05, 0.1) is 12.1 Å². The van der Waals surface area contributed by atoms with E-state index in [2.05, 4.69) is 4.90 Å². The Hall–Kier alpha value is -0.680. The molecule has 1 fully saturated rings. The lowest BCUT2D eigenvalue weighted by Crippen LogP contribution is -2.42. The summed E-state index contributed by atoms with van der Waals surface area (Å²) in [6.45, 7) is 2.61. The molecule has 2 N–H and O–H groups in total. The van der Waals surface area contributed by atoms with Crippen molar-refractivity contribution in [3.63, 3.8) is 0 Å². The van der Waals surface area contributed by atoms with Crippen LogP contribution in [-0.4, -0.2) is 41.6 Å². The molecule has 0 aromatic rings. The van der Waals surface area contributed by atoms with E-state index in [1.165, 1.54) is 7.11 Å². The van der Waals surface area contributed by atoms with Crippen molar-refractivity contribution in [1.29, 1.82) is 0 Å². The lowest BCUT2D eigenvalue weighted by molar-refractivity contribution is -0.146. The Morgan fingerprint density at radius 3 is 2.67 bits per heavy atom. The second-order valence-corrected chi connectivity index (χ2v) is 4.41. The van der Waals surface area contributed by atoms with Gasteiger partial charge in [-0.2, -0.15) is 0 Å². The van der Waals surface area contributed by atoms with E-state index in [-0.39, 0.29) is 12.0 Å². The molecule has 5 heteroatoms. The smallest absolute Gasteiger partial charge is 0.322 e. The monoisotopic (exact) mass is 230 g/mol. The molecule has 0 amide bonds. The summed E-state index contributed by atoms with van der Waals surface area (Å²) in [5.41, 5.74) is 5.46. The average Bonchev–Trinajstić information content (AvgIpc) is 3.00. The van der Waals surface area contributed by atoms with Gasteiger partial charge in [-0.15, -0.1) is 0 Å². The van der Waals surface area contributed by atoms with Gasteiger partial charge in [0.25, 0.3) is 0 Å². The zero-order valence-electron chi connectivity index (χ0n) is 9.23. The molecular weight excluding hydrogens is 212 g/mol. The van der Waals surface area contributed by atoms with Crippen molar-refractivity contribution >= 4 is 23.2 Å². The number of rotatable bonds is 6. The fourth-order valence-electron chi connectivity index (χ4n) is 1.64. The minimum absolute atomic E-state index is 0.190. The van der Waals surface area contributed by atoms with E-state index in [9.17, 15) is 4.79 Å². The zero-order valence-corrected chi connectivity index (χ0v) is 10.0. The van der Waals surface area contributed by atoms with Crippen molar-refractivity contribution in [2.45, 2.75) is 38.3 Å². The molecule has 1 aliphatic carbocycles. The van der Waals surface area contributed by atoms with Crippen LogP contribution in [0, 0.1) is 0 Å². The number of methoxy groups -OCH3 is 1. The van der Waals surface area contributed by atoms with E-state index in [1.54, 1.807) is 0 Å². The third-order valence-corrected chi connectivity index (χ3v) is 2.88. The number of carbonyl (C=O) groups excluding carboxylic acids is 1. The standard InChI is InChI=1S/C10H18N2O2S/c1-7(10(13)14-2)12(8-3-4-8)6-5-9(11)15/h7-8H,3-6H2,1-2H3,(H2,11,15). The van der Waals surface area contributed by atoms with Crippen molar-refractivity contribution < 1.29 is 9.53 Å². The Kier molecular flexibility index (Phi) is 4.47. The molecule has 4 nitrogen and oxygen atoms in total. The van der Waals surface area contributed by atoms with Gasteiger partial charge < -0.3 is 10.5 Å². The van der Waals surface area contributed by atoms with Crippen LogP contribution < -0.4 is 5.73 Å². The molecule has 0 bridgehead atoms. The molecular formula is C10H18N2O2S. The number of thiocarbonyl (C=S) groups is 1. The van der Waals surface area contributed by atoms with E-state index in [4.69, 9.17) is 22.7 Å². The molecule has 0 saturated heterocycles. The van der Waals surface area contributed by atoms with Gasteiger partial charge in [0, 0.05) is 19.0 Å². The first-order chi connectivity index (χ1) is 7.06. The van der Waals surface area contributed by atoms with Crippen molar-refractivity contribution in [3.8, 4) is 0 Å². The quantitative estimate of drug-likeness (QED) is 0.537. The summed E-state index contributed by atoms with van der Waals surface area (Å²) in [4.78, 5) is 14.0. The molecule has 1 unspecified atom stereocenters. The molecule has 0 aliphatic heterocycles. The van der Waals surface area contributed by atoms with Crippen LogP contribution in [0.15, 0.2) is 0 Å². The molecule has 0 aromatic heterocycles. The normalized spacial score (nSPS) is 17.5. The lowest BCUT2D eigenvalue weighted by Gasteiger charge is -2.26. The molecule has 15 heavy (non-hydrogen) atoms. The maximum atomic E-state index is 11.4. The molecule has 0 spiro atoms. The minimum Gasteiger partial charge on any atom is -0.468 e. The van der Waals surface area contributed by atoms with Gasteiger partial charge in [0.1, 0.15) is 6.04 Å². The molecule has 86 valence electrons. The van der Waals surface area contributed by atoms with Gasteiger partial charge in [0.15, 0.2) is 0 Å². The Balaban J connectivity index is 2.49. The minimum atomic E-state index is -0.197. The van der Waals surface area contributed by atoms with E-state index in [0.717, 1.165) is 19.4 Å². The van der Waals surface area contributed by atoms with E-state index >= 15 is 0 Å². The van der Waals surface area contributed by atoms with Crippen molar-refractivity contribution in [2.75, 3.05) is 13.7 Å². The Labute approximate surface area is 95.8 Å². The first-order valence-electron chi connectivity index (χ1n) is 5.18. The van der Waals surface area contributed by atoms with Gasteiger partial charge in [-0.05, 0) is 19.8 Å². The highest BCUT2D eigenvalue weighted by molar-refractivity contribution is 7.80. The third-order valence-electron chi connectivity index (χ3n) is 2.67. The summed E-state index contributed by atoms with van der Waals surface area (Å²) in [7, 11) is 1.41. The summed E-state index contributed by atoms with van der Waals surface area (Å²) in [6.07, 6.45) is 2.96. The number of hydrogen-bond donors (Lipinski definition) is 1. The topological polar surface area (TPSA) is 55.6 Å².